The van der Waals surface area contributed by atoms with Gasteiger partial charge in [-0.2, -0.15) is 0 Å². The highest BCUT2D eigenvalue weighted by Crippen LogP contribution is 2.18. The molecule has 1 amide bonds. The third-order valence-electron chi connectivity index (χ3n) is 3.67. The quantitative estimate of drug-likeness (QED) is 0.740. The number of amides is 1. The summed E-state index contributed by atoms with van der Waals surface area (Å²) in [6, 6.07) is 6.21. The van der Waals surface area contributed by atoms with Gasteiger partial charge in [-0.1, -0.05) is 12.1 Å². The summed E-state index contributed by atoms with van der Waals surface area (Å²) in [6.45, 7) is 2.71. The van der Waals surface area contributed by atoms with E-state index in [9.17, 15) is 13.2 Å². The molecule has 2 unspecified atom stereocenters. The fourth-order valence-electron chi connectivity index (χ4n) is 2.37. The average Bonchev–Trinajstić information content (AvgIpc) is 3.01. The zero-order chi connectivity index (χ0) is 15.5. The molecule has 8 heteroatoms. The van der Waals surface area contributed by atoms with E-state index in [2.05, 4.69) is 15.4 Å². The SMILES string of the molecule is CNS(=O)(=O)c1cccc(C(C)NC(=O)C2CCCN2)c1.Cl. The molecule has 3 N–H and O–H groups in total. The van der Waals surface area contributed by atoms with E-state index in [0.717, 1.165) is 24.9 Å². The standard InChI is InChI=1S/C14H21N3O3S.ClH/c1-10(17-14(18)13-7-4-8-16-13)11-5-3-6-12(9-11)21(19,20)15-2;/h3,5-6,9-10,13,15-16H,4,7-8H2,1-2H3,(H,17,18);1H. The molecular formula is C14H22ClN3O3S. The molecule has 1 heterocycles. The zero-order valence-corrected chi connectivity index (χ0v) is 14.3. The summed E-state index contributed by atoms with van der Waals surface area (Å²) in [6.07, 6.45) is 1.84. The fourth-order valence-corrected chi connectivity index (χ4v) is 3.16. The molecule has 2 atom stereocenters. The predicted molar refractivity (Wildman–Crippen MR) is 87.5 cm³/mol. The van der Waals surface area contributed by atoms with Crippen LogP contribution in [0.2, 0.25) is 0 Å². The largest absolute Gasteiger partial charge is 0.348 e. The van der Waals surface area contributed by atoms with Gasteiger partial charge in [0.1, 0.15) is 0 Å². The Labute approximate surface area is 137 Å². The minimum absolute atomic E-state index is 0. The molecule has 1 aliphatic rings. The Balaban J connectivity index is 0.00000242. The van der Waals surface area contributed by atoms with Gasteiger partial charge in [0.2, 0.25) is 15.9 Å². The van der Waals surface area contributed by atoms with Gasteiger partial charge in [0.25, 0.3) is 0 Å². The van der Waals surface area contributed by atoms with Crippen molar-refractivity contribution in [1.82, 2.24) is 15.4 Å². The first-order chi connectivity index (χ1) is 9.94. The topological polar surface area (TPSA) is 87.3 Å². The maximum atomic E-state index is 12.1. The lowest BCUT2D eigenvalue weighted by Gasteiger charge is -2.18. The monoisotopic (exact) mass is 347 g/mol. The van der Waals surface area contributed by atoms with Crippen LogP contribution < -0.4 is 15.4 Å². The second-order valence-electron chi connectivity index (χ2n) is 5.16. The first kappa shape index (κ1) is 18.9. The van der Waals surface area contributed by atoms with Crippen LogP contribution >= 0.6 is 12.4 Å². The average molecular weight is 348 g/mol. The molecule has 0 saturated carbocycles. The van der Waals surface area contributed by atoms with Crippen LogP contribution in [0.25, 0.3) is 0 Å². The van der Waals surface area contributed by atoms with E-state index in [1.807, 2.05) is 13.0 Å². The number of carbonyl (C=O) groups excluding carboxylic acids is 1. The lowest BCUT2D eigenvalue weighted by atomic mass is 10.1. The van der Waals surface area contributed by atoms with Crippen LogP contribution in [-0.4, -0.2) is 34.0 Å². The van der Waals surface area contributed by atoms with E-state index in [1.54, 1.807) is 12.1 Å². The van der Waals surface area contributed by atoms with E-state index in [1.165, 1.54) is 13.1 Å². The van der Waals surface area contributed by atoms with Crippen LogP contribution in [0.4, 0.5) is 0 Å². The first-order valence-corrected chi connectivity index (χ1v) is 8.49. The molecule has 1 aromatic carbocycles. The van der Waals surface area contributed by atoms with Crippen LogP contribution in [0.15, 0.2) is 29.2 Å². The Morgan fingerprint density at radius 3 is 2.73 bits per heavy atom. The molecular weight excluding hydrogens is 326 g/mol. The van der Waals surface area contributed by atoms with E-state index >= 15 is 0 Å². The van der Waals surface area contributed by atoms with Crippen molar-refractivity contribution < 1.29 is 13.2 Å². The van der Waals surface area contributed by atoms with Gasteiger partial charge in [0.15, 0.2) is 0 Å². The van der Waals surface area contributed by atoms with Crippen molar-refractivity contribution in [3.05, 3.63) is 29.8 Å². The first-order valence-electron chi connectivity index (χ1n) is 7.01. The second kappa shape index (κ2) is 7.92. The number of carbonyl (C=O) groups is 1. The van der Waals surface area contributed by atoms with E-state index in [-0.39, 0.29) is 35.3 Å². The molecule has 1 aromatic rings. The van der Waals surface area contributed by atoms with Gasteiger partial charge in [0.05, 0.1) is 17.0 Å². The minimum atomic E-state index is -3.47. The van der Waals surface area contributed by atoms with Crippen LogP contribution in [0.3, 0.4) is 0 Å². The summed E-state index contributed by atoms with van der Waals surface area (Å²) in [5.41, 5.74) is 0.762. The maximum absolute atomic E-state index is 12.1. The summed E-state index contributed by atoms with van der Waals surface area (Å²) in [7, 11) is -2.10. The molecule has 22 heavy (non-hydrogen) atoms. The molecule has 0 spiro atoms. The summed E-state index contributed by atoms with van der Waals surface area (Å²) in [5.74, 6) is -0.0399. The summed E-state index contributed by atoms with van der Waals surface area (Å²) in [4.78, 5) is 12.3. The zero-order valence-electron chi connectivity index (χ0n) is 12.6. The normalized spacial score (nSPS) is 19.3. The molecule has 0 radical (unpaired) electrons. The number of sulfonamides is 1. The Kier molecular flexibility index (Phi) is 6.80. The molecule has 1 aliphatic heterocycles. The van der Waals surface area contributed by atoms with Crippen molar-refractivity contribution in [3.8, 4) is 0 Å². The highest BCUT2D eigenvalue weighted by atomic mass is 35.5. The van der Waals surface area contributed by atoms with Gasteiger partial charge < -0.3 is 10.6 Å². The van der Waals surface area contributed by atoms with Gasteiger partial charge in [-0.05, 0) is 51.1 Å². The number of hydrogen-bond acceptors (Lipinski definition) is 4. The van der Waals surface area contributed by atoms with Crippen molar-refractivity contribution in [2.24, 2.45) is 0 Å². The van der Waals surface area contributed by atoms with Crippen molar-refractivity contribution in [1.29, 1.82) is 0 Å². The molecule has 0 aliphatic carbocycles. The number of benzene rings is 1. The smallest absolute Gasteiger partial charge is 0.240 e. The molecule has 2 rings (SSSR count). The predicted octanol–water partition coefficient (Wildman–Crippen LogP) is 0.946. The Bertz CT molecular complexity index is 616. The molecule has 0 bridgehead atoms. The molecule has 1 saturated heterocycles. The fraction of sp³-hybridized carbons (Fsp3) is 0.500. The lowest BCUT2D eigenvalue weighted by molar-refractivity contribution is -0.123. The number of nitrogens with one attached hydrogen (secondary N) is 3. The molecule has 0 aromatic heterocycles. The van der Waals surface area contributed by atoms with Gasteiger partial charge in [0, 0.05) is 0 Å². The molecule has 1 fully saturated rings. The summed E-state index contributed by atoms with van der Waals surface area (Å²) in [5, 5.41) is 6.06. The van der Waals surface area contributed by atoms with Gasteiger partial charge in [-0.3, -0.25) is 4.79 Å². The Morgan fingerprint density at radius 2 is 2.14 bits per heavy atom. The third kappa shape index (κ3) is 4.42. The maximum Gasteiger partial charge on any atom is 0.240 e. The minimum Gasteiger partial charge on any atom is -0.348 e. The third-order valence-corrected chi connectivity index (χ3v) is 5.08. The molecule has 6 nitrogen and oxygen atoms in total. The van der Waals surface area contributed by atoms with E-state index < -0.39 is 10.0 Å². The van der Waals surface area contributed by atoms with Crippen LogP contribution in [0.1, 0.15) is 31.4 Å². The lowest BCUT2D eigenvalue weighted by Crippen LogP contribution is -2.41. The van der Waals surface area contributed by atoms with Gasteiger partial charge in [-0.25, -0.2) is 13.1 Å². The summed E-state index contributed by atoms with van der Waals surface area (Å²) >= 11 is 0. The number of rotatable bonds is 5. The Hall–Kier alpha value is -1.15. The highest BCUT2D eigenvalue weighted by Gasteiger charge is 2.23. The molecule has 124 valence electrons. The number of hydrogen-bond donors (Lipinski definition) is 3. The number of halogens is 1. The van der Waals surface area contributed by atoms with Crippen LogP contribution in [0, 0.1) is 0 Å². The van der Waals surface area contributed by atoms with E-state index in [4.69, 9.17) is 0 Å². The van der Waals surface area contributed by atoms with Crippen molar-refractivity contribution in [2.75, 3.05) is 13.6 Å². The highest BCUT2D eigenvalue weighted by molar-refractivity contribution is 7.89. The van der Waals surface area contributed by atoms with Crippen LogP contribution in [0.5, 0.6) is 0 Å². The Morgan fingerprint density at radius 1 is 1.41 bits per heavy atom. The van der Waals surface area contributed by atoms with E-state index in [0.29, 0.717) is 0 Å². The van der Waals surface area contributed by atoms with Gasteiger partial charge in [-0.15, -0.1) is 12.4 Å². The second-order valence-corrected chi connectivity index (χ2v) is 7.05. The van der Waals surface area contributed by atoms with Crippen molar-refractivity contribution in [3.63, 3.8) is 0 Å². The van der Waals surface area contributed by atoms with Crippen molar-refractivity contribution >= 4 is 28.3 Å². The van der Waals surface area contributed by atoms with Gasteiger partial charge >= 0.3 is 0 Å². The van der Waals surface area contributed by atoms with Crippen molar-refractivity contribution in [2.45, 2.75) is 36.7 Å². The summed E-state index contributed by atoms with van der Waals surface area (Å²) < 4.78 is 25.9. The van der Waals surface area contributed by atoms with Crippen LogP contribution in [-0.2, 0) is 14.8 Å².